The van der Waals surface area contributed by atoms with E-state index in [9.17, 15) is 9.59 Å². The van der Waals surface area contributed by atoms with E-state index in [2.05, 4.69) is 33.4 Å². The first-order valence-electron chi connectivity index (χ1n) is 9.16. The maximum absolute atomic E-state index is 11.2. The Balaban J connectivity index is 2.68. The Morgan fingerprint density at radius 2 is 1.81 bits per heavy atom. The summed E-state index contributed by atoms with van der Waals surface area (Å²) in [5.41, 5.74) is 2.16. The van der Waals surface area contributed by atoms with Gasteiger partial charge in [-0.2, -0.15) is 0 Å². The lowest BCUT2D eigenvalue weighted by atomic mass is 9.97. The van der Waals surface area contributed by atoms with Crippen molar-refractivity contribution < 1.29 is 24.2 Å². The lowest BCUT2D eigenvalue weighted by Crippen LogP contribution is -2.08. The van der Waals surface area contributed by atoms with Crippen LogP contribution in [-0.4, -0.2) is 35.2 Å². The molecule has 0 saturated carbocycles. The molecule has 0 spiro atoms. The average Bonchev–Trinajstić information content (AvgIpc) is 2.63. The van der Waals surface area contributed by atoms with Crippen LogP contribution in [0.1, 0.15) is 56.1 Å². The number of carboxylic acids is 1. The van der Waals surface area contributed by atoms with Crippen LogP contribution in [0.4, 0.5) is 0 Å². The highest BCUT2D eigenvalue weighted by Gasteiger charge is 2.12. The molecular formula is C20H29IO5. The molecular weight excluding hydrogens is 447 g/mol. The molecule has 0 aliphatic rings. The minimum atomic E-state index is -0.807. The number of methoxy groups -OCH3 is 1. The lowest BCUT2D eigenvalue weighted by Gasteiger charge is -2.15. The predicted molar refractivity (Wildman–Crippen MR) is 110 cm³/mol. The Hall–Kier alpha value is -1.31. The summed E-state index contributed by atoms with van der Waals surface area (Å²) in [6.07, 6.45) is 7.15. The number of esters is 1. The fraction of sp³-hybridized carbons (Fsp3) is 0.600. The molecule has 0 radical (unpaired) electrons. The third-order valence-electron chi connectivity index (χ3n) is 4.16. The molecule has 5 nitrogen and oxygen atoms in total. The summed E-state index contributed by atoms with van der Waals surface area (Å²) in [7, 11) is 1.37. The van der Waals surface area contributed by atoms with E-state index >= 15 is 0 Å². The Labute approximate surface area is 169 Å². The fourth-order valence-corrected chi connectivity index (χ4v) is 3.30. The number of halogens is 1. The summed E-state index contributed by atoms with van der Waals surface area (Å²) in [5.74, 6) is -0.320. The molecule has 0 aliphatic carbocycles. The standard InChI is InChI=1S/C20H29IO5/c1-25-20(24)11-7-15-26-18-10-6-9-16(8-4-2-3-5-14-21)17(18)12-13-19(22)23/h6,9-10H,2-5,7-8,11-15H2,1H3,(H,22,23). The summed E-state index contributed by atoms with van der Waals surface area (Å²) in [4.78, 5) is 22.2. The van der Waals surface area contributed by atoms with E-state index in [1.807, 2.05) is 12.1 Å². The second-order valence-electron chi connectivity index (χ2n) is 6.17. The van der Waals surface area contributed by atoms with Crippen molar-refractivity contribution in [1.82, 2.24) is 0 Å². The molecule has 0 saturated heterocycles. The minimum Gasteiger partial charge on any atom is -0.493 e. The molecule has 0 aromatic heterocycles. The number of hydrogen-bond acceptors (Lipinski definition) is 4. The van der Waals surface area contributed by atoms with Crippen molar-refractivity contribution >= 4 is 34.5 Å². The molecule has 0 fully saturated rings. The van der Waals surface area contributed by atoms with Crippen molar-refractivity contribution in [3.05, 3.63) is 29.3 Å². The number of unbranched alkanes of at least 4 members (excludes halogenated alkanes) is 3. The molecule has 146 valence electrons. The third-order valence-corrected chi connectivity index (χ3v) is 4.92. The van der Waals surface area contributed by atoms with Crippen LogP contribution in [0.5, 0.6) is 5.75 Å². The minimum absolute atomic E-state index is 0.0877. The number of carboxylic acid groups (broad SMARTS) is 1. The highest BCUT2D eigenvalue weighted by Crippen LogP contribution is 2.26. The number of carbonyl (C=O) groups is 2. The normalized spacial score (nSPS) is 10.5. The van der Waals surface area contributed by atoms with E-state index in [0.29, 0.717) is 25.9 Å². The van der Waals surface area contributed by atoms with E-state index < -0.39 is 5.97 Å². The number of aliphatic carboxylic acids is 1. The molecule has 1 aromatic carbocycles. The zero-order valence-corrected chi connectivity index (χ0v) is 17.6. The molecule has 0 amide bonds. The maximum atomic E-state index is 11.2. The molecule has 6 heteroatoms. The van der Waals surface area contributed by atoms with Gasteiger partial charge < -0.3 is 14.6 Å². The first-order valence-corrected chi connectivity index (χ1v) is 10.7. The second kappa shape index (κ2) is 13.8. The number of aryl methyl sites for hydroxylation is 1. The van der Waals surface area contributed by atoms with Gasteiger partial charge in [0.1, 0.15) is 5.75 Å². The van der Waals surface area contributed by atoms with Crippen LogP contribution >= 0.6 is 22.6 Å². The van der Waals surface area contributed by atoms with Crippen LogP contribution in [0.2, 0.25) is 0 Å². The number of ether oxygens (including phenoxy) is 2. The first-order chi connectivity index (χ1) is 12.6. The first kappa shape index (κ1) is 22.7. The van der Waals surface area contributed by atoms with Crippen molar-refractivity contribution in [2.24, 2.45) is 0 Å². The van der Waals surface area contributed by atoms with Gasteiger partial charge in [0.15, 0.2) is 0 Å². The SMILES string of the molecule is COC(=O)CCCOc1cccc(CCCCCCI)c1CCC(=O)O. The maximum Gasteiger partial charge on any atom is 0.305 e. The Bertz CT molecular complexity index is 559. The van der Waals surface area contributed by atoms with Crippen molar-refractivity contribution in [3.8, 4) is 5.75 Å². The Kier molecular flexibility index (Phi) is 12.1. The van der Waals surface area contributed by atoms with Crippen LogP contribution in [0, 0.1) is 0 Å². The Morgan fingerprint density at radius 1 is 1.04 bits per heavy atom. The molecule has 26 heavy (non-hydrogen) atoms. The summed E-state index contributed by atoms with van der Waals surface area (Å²) in [6, 6.07) is 5.91. The highest BCUT2D eigenvalue weighted by molar-refractivity contribution is 14.1. The van der Waals surface area contributed by atoms with Crippen LogP contribution in [0.3, 0.4) is 0 Å². The molecule has 0 aliphatic heterocycles. The van der Waals surface area contributed by atoms with Crippen molar-refractivity contribution in [3.63, 3.8) is 0 Å². The number of carbonyl (C=O) groups excluding carboxylic acids is 1. The van der Waals surface area contributed by atoms with E-state index in [1.54, 1.807) is 0 Å². The third kappa shape index (κ3) is 9.40. The van der Waals surface area contributed by atoms with Gasteiger partial charge in [-0.05, 0) is 53.7 Å². The van der Waals surface area contributed by atoms with Crippen LogP contribution in [-0.2, 0) is 27.2 Å². The van der Waals surface area contributed by atoms with Gasteiger partial charge in [0.2, 0.25) is 0 Å². The van der Waals surface area contributed by atoms with Crippen LogP contribution in [0.25, 0.3) is 0 Å². The Morgan fingerprint density at radius 3 is 2.50 bits per heavy atom. The van der Waals surface area contributed by atoms with E-state index in [-0.39, 0.29) is 12.4 Å². The highest BCUT2D eigenvalue weighted by atomic mass is 127. The molecule has 0 atom stereocenters. The van der Waals surface area contributed by atoms with Gasteiger partial charge in [-0.25, -0.2) is 0 Å². The smallest absolute Gasteiger partial charge is 0.305 e. The monoisotopic (exact) mass is 476 g/mol. The summed E-state index contributed by atoms with van der Waals surface area (Å²) >= 11 is 2.40. The van der Waals surface area contributed by atoms with Gasteiger partial charge in [0.25, 0.3) is 0 Å². The van der Waals surface area contributed by atoms with Gasteiger partial charge in [-0.1, -0.05) is 47.6 Å². The van der Waals surface area contributed by atoms with E-state index in [0.717, 1.165) is 24.2 Å². The number of benzene rings is 1. The molecule has 0 unspecified atom stereocenters. The average molecular weight is 476 g/mol. The zero-order valence-electron chi connectivity index (χ0n) is 15.5. The summed E-state index contributed by atoms with van der Waals surface area (Å²) in [6.45, 7) is 0.411. The van der Waals surface area contributed by atoms with Gasteiger partial charge in [0, 0.05) is 12.8 Å². The quantitative estimate of drug-likeness (QED) is 0.184. The summed E-state index contributed by atoms with van der Waals surface area (Å²) in [5, 5.41) is 9.04. The molecule has 1 N–H and O–H groups in total. The number of hydrogen-bond donors (Lipinski definition) is 1. The van der Waals surface area contributed by atoms with Gasteiger partial charge in [-0.3, -0.25) is 9.59 Å². The van der Waals surface area contributed by atoms with Gasteiger partial charge >= 0.3 is 11.9 Å². The van der Waals surface area contributed by atoms with Crippen molar-refractivity contribution in [1.29, 1.82) is 0 Å². The van der Waals surface area contributed by atoms with Gasteiger partial charge in [0.05, 0.1) is 13.7 Å². The predicted octanol–water partition coefficient (Wildman–Crippen LogP) is 4.57. The van der Waals surface area contributed by atoms with Gasteiger partial charge in [-0.15, -0.1) is 0 Å². The second-order valence-corrected chi connectivity index (χ2v) is 7.25. The number of alkyl halides is 1. The fourth-order valence-electron chi connectivity index (χ4n) is 2.76. The largest absolute Gasteiger partial charge is 0.493 e. The van der Waals surface area contributed by atoms with Crippen molar-refractivity contribution in [2.75, 3.05) is 18.1 Å². The summed E-state index contributed by atoms with van der Waals surface area (Å²) < 4.78 is 11.7. The van der Waals surface area contributed by atoms with Crippen LogP contribution < -0.4 is 4.74 Å². The van der Waals surface area contributed by atoms with E-state index in [4.69, 9.17) is 9.84 Å². The zero-order chi connectivity index (χ0) is 19.2. The van der Waals surface area contributed by atoms with E-state index in [1.165, 1.54) is 36.4 Å². The lowest BCUT2D eigenvalue weighted by molar-refractivity contribution is -0.141. The molecule has 0 bridgehead atoms. The molecule has 1 aromatic rings. The molecule has 0 heterocycles. The van der Waals surface area contributed by atoms with Crippen molar-refractivity contribution in [2.45, 2.75) is 57.8 Å². The number of rotatable bonds is 14. The van der Waals surface area contributed by atoms with Crippen LogP contribution in [0.15, 0.2) is 18.2 Å². The molecule has 1 rings (SSSR count). The topological polar surface area (TPSA) is 72.8 Å².